The third-order valence-corrected chi connectivity index (χ3v) is 11.0. The number of hydrogen-bond donors (Lipinski definition) is 1. The van der Waals surface area contributed by atoms with Crippen molar-refractivity contribution in [3.8, 4) is 0 Å². The van der Waals surface area contributed by atoms with Crippen molar-refractivity contribution in [2.75, 3.05) is 6.61 Å². The molecule has 1 nitrogen and oxygen atoms in total. The Hall–Kier alpha value is 0.0800. The monoisotopic (exact) mass is 453 g/mol. The summed E-state index contributed by atoms with van der Waals surface area (Å²) in [6.07, 6.45) is 7.66. The standard InChI is InChI=1S/C19H21OSi.2ClH.Zr/c1-21(2)17-12-15-6-3-7-16(18(15)19(17)21)14-9-8-13(11-14)5-4-10-20;;;/h3,6-8,11-12,20H,4-5,9-10H2,1-2H3;2*1H;/q;;;+2/p-2. The van der Waals surface area contributed by atoms with Gasteiger partial charge in [0.2, 0.25) is 0 Å². The van der Waals surface area contributed by atoms with Gasteiger partial charge in [-0.05, 0) is 0 Å². The van der Waals surface area contributed by atoms with E-state index in [-0.39, 0.29) is 31.4 Å². The second-order valence-electron chi connectivity index (χ2n) is 7.10. The summed E-state index contributed by atoms with van der Waals surface area (Å²) in [5.74, 6) is 0. The summed E-state index contributed by atoms with van der Waals surface area (Å²) < 4.78 is 0.739. The minimum absolute atomic E-state index is 0. The summed E-state index contributed by atoms with van der Waals surface area (Å²) >= 11 is 1.65. The van der Waals surface area contributed by atoms with Crippen molar-refractivity contribution < 1.29 is 54.6 Å². The molecule has 1 unspecified atom stereocenters. The van der Waals surface area contributed by atoms with Gasteiger partial charge in [-0.15, -0.1) is 0 Å². The second kappa shape index (κ2) is 7.37. The first-order valence-corrected chi connectivity index (χ1v) is 12.6. The van der Waals surface area contributed by atoms with E-state index in [1.807, 2.05) is 5.20 Å². The van der Waals surface area contributed by atoms with Crippen LogP contribution in [0.15, 0.2) is 41.1 Å². The Bertz CT molecular complexity index is 765. The summed E-state index contributed by atoms with van der Waals surface area (Å²) in [4.78, 5) is 0. The van der Waals surface area contributed by atoms with Crippen molar-refractivity contribution in [1.29, 1.82) is 0 Å². The van der Waals surface area contributed by atoms with E-state index in [9.17, 15) is 0 Å². The first kappa shape index (κ1) is 20.4. The average molecular weight is 456 g/mol. The van der Waals surface area contributed by atoms with Gasteiger partial charge in [0.15, 0.2) is 0 Å². The number of fused-ring (bicyclic) bond motifs is 2. The number of hydrogen-bond acceptors (Lipinski definition) is 1. The summed E-state index contributed by atoms with van der Waals surface area (Å²) in [6.45, 7) is 5.32. The molecule has 1 N–H and O–H groups in total. The summed E-state index contributed by atoms with van der Waals surface area (Å²) in [5.41, 5.74) is 7.58. The van der Waals surface area contributed by atoms with E-state index in [0.29, 0.717) is 0 Å². The molecule has 4 rings (SSSR count). The maximum absolute atomic E-state index is 9.02. The van der Waals surface area contributed by atoms with Gasteiger partial charge in [-0.25, -0.2) is 0 Å². The summed E-state index contributed by atoms with van der Waals surface area (Å²) in [5, 5.41) is 12.6. The third kappa shape index (κ3) is 3.01. The van der Waals surface area contributed by atoms with Crippen LogP contribution in [0.25, 0.3) is 10.8 Å². The minimum atomic E-state index is -1.16. The minimum Gasteiger partial charge on any atom is -1.00 e. The van der Waals surface area contributed by atoms with Crippen molar-refractivity contribution in [3.05, 3.63) is 57.8 Å². The van der Waals surface area contributed by atoms with Crippen molar-refractivity contribution >= 4 is 18.8 Å². The molecule has 0 spiro atoms. The molecule has 0 aromatic heterocycles. The van der Waals surface area contributed by atoms with E-state index in [4.69, 9.17) is 5.11 Å². The van der Waals surface area contributed by atoms with Crippen molar-refractivity contribution in [2.45, 2.75) is 36.0 Å². The largest absolute Gasteiger partial charge is 1.00 e. The van der Waals surface area contributed by atoms with Crippen molar-refractivity contribution in [3.63, 3.8) is 0 Å². The van der Waals surface area contributed by atoms with E-state index >= 15 is 0 Å². The maximum atomic E-state index is 9.02. The van der Waals surface area contributed by atoms with Gasteiger partial charge in [-0.1, -0.05) is 0 Å². The molecule has 5 heteroatoms. The Labute approximate surface area is 173 Å². The van der Waals surface area contributed by atoms with Crippen LogP contribution in [0.1, 0.15) is 39.6 Å². The van der Waals surface area contributed by atoms with E-state index in [0.717, 1.165) is 22.9 Å². The second-order valence-corrected chi connectivity index (χ2v) is 12.8. The van der Waals surface area contributed by atoms with Gasteiger partial charge in [0, 0.05) is 0 Å². The summed E-state index contributed by atoms with van der Waals surface area (Å²) in [7, 11) is -1.16. The van der Waals surface area contributed by atoms with Gasteiger partial charge in [0.05, 0.1) is 0 Å². The maximum Gasteiger partial charge on any atom is -1.00 e. The SMILES string of the molecule is C[Si]1(C)C2=C1[CH]([Zr+2])c1cccc(C3=CC(CCCO)=CC3)c12.[Cl-].[Cl-]. The Balaban J connectivity index is 0.00000104. The van der Waals surface area contributed by atoms with E-state index in [1.165, 1.54) is 16.7 Å². The molecule has 125 valence electrons. The number of halogens is 2. The smallest absolute Gasteiger partial charge is 1.00 e. The Morgan fingerprint density at radius 2 is 2.00 bits per heavy atom. The first-order valence-electron chi connectivity index (χ1n) is 8.16. The molecule has 0 amide bonds. The molecule has 24 heavy (non-hydrogen) atoms. The fourth-order valence-corrected chi connectivity index (χ4v) is 11.9. The molecule has 0 saturated carbocycles. The first-order chi connectivity index (χ1) is 10.6. The topological polar surface area (TPSA) is 20.2 Å². The predicted octanol–water partition coefficient (Wildman–Crippen LogP) is -1.66. The summed E-state index contributed by atoms with van der Waals surface area (Å²) in [6, 6.07) is 6.93. The van der Waals surface area contributed by atoms with Crippen LogP contribution < -0.4 is 24.8 Å². The molecule has 1 aliphatic heterocycles. The normalized spacial score (nSPS) is 22.1. The van der Waals surface area contributed by atoms with Gasteiger partial charge in [0.1, 0.15) is 0 Å². The van der Waals surface area contributed by atoms with Crippen LogP contribution in [0.2, 0.25) is 13.1 Å². The van der Waals surface area contributed by atoms with Crippen LogP contribution in [0, 0.1) is 0 Å². The van der Waals surface area contributed by atoms with Gasteiger partial charge in [-0.3, -0.25) is 0 Å². The van der Waals surface area contributed by atoms with Crippen LogP contribution in [0.3, 0.4) is 0 Å². The van der Waals surface area contributed by atoms with E-state index < -0.39 is 8.07 Å². The predicted molar refractivity (Wildman–Crippen MR) is 90.6 cm³/mol. The zero-order valence-corrected chi connectivity index (χ0v) is 19.0. The van der Waals surface area contributed by atoms with E-state index in [1.54, 1.807) is 41.0 Å². The molecule has 0 radical (unpaired) electrons. The Morgan fingerprint density at radius 3 is 2.71 bits per heavy atom. The number of benzene rings is 1. The third-order valence-electron chi connectivity index (χ3n) is 5.36. The molecule has 0 fully saturated rings. The number of aliphatic hydroxyl groups is 1. The van der Waals surface area contributed by atoms with Crippen LogP contribution in [0.4, 0.5) is 0 Å². The number of rotatable bonds is 4. The van der Waals surface area contributed by atoms with Crippen LogP contribution in [-0.4, -0.2) is 19.8 Å². The molecular weight excluding hydrogens is 434 g/mol. The van der Waals surface area contributed by atoms with Crippen molar-refractivity contribution in [2.24, 2.45) is 0 Å². The molecule has 1 aromatic carbocycles. The molecular formula is C19H21Cl2OSiZr. The van der Waals surface area contributed by atoms with Gasteiger partial charge in [-0.2, -0.15) is 0 Å². The molecule has 2 aliphatic carbocycles. The zero-order valence-electron chi connectivity index (χ0n) is 14.0. The van der Waals surface area contributed by atoms with Gasteiger partial charge >= 0.3 is 149 Å². The zero-order chi connectivity index (χ0) is 15.5. The fourth-order valence-electron chi connectivity index (χ4n) is 4.19. The molecule has 1 atom stereocenters. The van der Waals surface area contributed by atoms with E-state index in [2.05, 4.69) is 43.4 Å². The molecule has 1 heterocycles. The number of aliphatic hydroxyl groups excluding tert-OH is 1. The van der Waals surface area contributed by atoms with Crippen LogP contribution in [0.5, 0.6) is 0 Å². The van der Waals surface area contributed by atoms with Crippen molar-refractivity contribution in [1.82, 2.24) is 0 Å². The van der Waals surface area contributed by atoms with Crippen LogP contribution >= 0.6 is 0 Å². The molecule has 3 aliphatic rings. The molecule has 0 bridgehead atoms. The average Bonchev–Trinajstić information content (AvgIpc) is 2.86. The molecule has 1 aromatic rings. The van der Waals surface area contributed by atoms with Gasteiger partial charge in [0.25, 0.3) is 0 Å². The Morgan fingerprint density at radius 1 is 1.25 bits per heavy atom. The van der Waals surface area contributed by atoms with Gasteiger partial charge < -0.3 is 24.8 Å². The quantitative estimate of drug-likeness (QED) is 0.539. The molecule has 0 saturated heterocycles. The fraction of sp³-hybridized carbons (Fsp3) is 0.368. The van der Waals surface area contributed by atoms with Crippen LogP contribution in [-0.2, 0) is 24.7 Å². The Kier molecular flexibility index (Phi) is 6.26. The number of allylic oxidation sites excluding steroid dienone is 5.